The van der Waals surface area contributed by atoms with Crippen molar-refractivity contribution in [2.75, 3.05) is 0 Å². The second kappa shape index (κ2) is 6.06. The molecular formula is C9H18N3O4+. The summed E-state index contributed by atoms with van der Waals surface area (Å²) in [5, 5.41) is 13.2. The molecule has 0 aliphatic carbocycles. The van der Waals surface area contributed by atoms with Gasteiger partial charge in [0.25, 0.3) is 5.91 Å². The Balaban J connectivity index is 4.19. The molecule has 3 atom stereocenters. The molecule has 0 saturated carbocycles. The topological polar surface area (TPSA) is 123 Å². The highest BCUT2D eigenvalue weighted by Gasteiger charge is 2.22. The van der Waals surface area contributed by atoms with Gasteiger partial charge in [-0.15, -0.1) is 0 Å². The lowest BCUT2D eigenvalue weighted by Gasteiger charge is -2.16. The molecule has 0 heterocycles. The van der Waals surface area contributed by atoms with E-state index in [4.69, 9.17) is 5.11 Å². The molecule has 0 aliphatic rings. The summed E-state index contributed by atoms with van der Waals surface area (Å²) in [6, 6.07) is -2.23. The van der Waals surface area contributed by atoms with Gasteiger partial charge in [0.15, 0.2) is 6.04 Å². The van der Waals surface area contributed by atoms with Crippen molar-refractivity contribution in [1.29, 1.82) is 0 Å². The normalized spacial score (nSPS) is 15.8. The first kappa shape index (κ1) is 14.4. The highest BCUT2D eigenvalue weighted by molar-refractivity contribution is 5.90. The van der Waals surface area contributed by atoms with Crippen molar-refractivity contribution in [3.63, 3.8) is 0 Å². The van der Waals surface area contributed by atoms with E-state index >= 15 is 0 Å². The molecule has 0 aliphatic heterocycles. The van der Waals surface area contributed by atoms with Gasteiger partial charge in [-0.1, -0.05) is 0 Å². The minimum atomic E-state index is -1.13. The predicted molar refractivity (Wildman–Crippen MR) is 55.2 cm³/mol. The van der Waals surface area contributed by atoms with Crippen molar-refractivity contribution < 1.29 is 25.2 Å². The summed E-state index contributed by atoms with van der Waals surface area (Å²) < 4.78 is 0. The maximum atomic E-state index is 11.4. The summed E-state index contributed by atoms with van der Waals surface area (Å²) in [7, 11) is 0. The molecule has 0 aromatic rings. The molecule has 7 heteroatoms. The Labute approximate surface area is 93.4 Å². The van der Waals surface area contributed by atoms with Crippen LogP contribution in [0.4, 0.5) is 0 Å². The molecule has 0 saturated heterocycles. The SMILES string of the molecule is CC([NH3+])C(=O)NC(C)C(=O)NC(C)C(=O)O. The number of amides is 2. The van der Waals surface area contributed by atoms with Gasteiger partial charge in [-0.3, -0.25) is 14.4 Å². The van der Waals surface area contributed by atoms with Crippen LogP contribution in [-0.4, -0.2) is 41.0 Å². The van der Waals surface area contributed by atoms with Crippen LogP contribution in [0.3, 0.4) is 0 Å². The van der Waals surface area contributed by atoms with Gasteiger partial charge >= 0.3 is 5.97 Å². The van der Waals surface area contributed by atoms with E-state index in [1.54, 1.807) is 6.92 Å². The Hall–Kier alpha value is -1.63. The second-order valence-corrected chi connectivity index (χ2v) is 3.70. The average molecular weight is 232 g/mol. The number of rotatable bonds is 5. The molecule has 3 unspecified atom stereocenters. The maximum Gasteiger partial charge on any atom is 0.325 e. The van der Waals surface area contributed by atoms with E-state index < -0.39 is 30.0 Å². The predicted octanol–water partition coefficient (Wildman–Crippen LogP) is -2.29. The van der Waals surface area contributed by atoms with Crippen molar-refractivity contribution in [1.82, 2.24) is 10.6 Å². The van der Waals surface area contributed by atoms with Crippen LogP contribution >= 0.6 is 0 Å². The van der Waals surface area contributed by atoms with Crippen LogP contribution in [-0.2, 0) is 14.4 Å². The quantitative estimate of drug-likeness (QED) is 0.426. The van der Waals surface area contributed by atoms with Crippen LogP contribution in [0.15, 0.2) is 0 Å². The Bertz CT molecular complexity index is 290. The number of carboxylic acids is 1. The molecule has 0 rings (SSSR count). The van der Waals surface area contributed by atoms with Crippen molar-refractivity contribution in [2.24, 2.45) is 0 Å². The zero-order valence-electron chi connectivity index (χ0n) is 9.61. The third-order valence-electron chi connectivity index (χ3n) is 1.93. The first-order valence-electron chi connectivity index (χ1n) is 4.92. The number of carbonyl (C=O) groups excluding carboxylic acids is 2. The monoisotopic (exact) mass is 232 g/mol. The number of hydrogen-bond acceptors (Lipinski definition) is 3. The number of aliphatic carboxylic acids is 1. The lowest BCUT2D eigenvalue weighted by Crippen LogP contribution is -2.67. The molecule has 0 fully saturated rings. The fourth-order valence-electron chi connectivity index (χ4n) is 0.821. The van der Waals surface area contributed by atoms with Gasteiger partial charge in [-0.2, -0.15) is 0 Å². The highest BCUT2D eigenvalue weighted by Crippen LogP contribution is 1.87. The third-order valence-corrected chi connectivity index (χ3v) is 1.93. The zero-order valence-corrected chi connectivity index (χ0v) is 9.61. The van der Waals surface area contributed by atoms with Crippen LogP contribution in [0.2, 0.25) is 0 Å². The highest BCUT2D eigenvalue weighted by atomic mass is 16.4. The minimum Gasteiger partial charge on any atom is -0.480 e. The maximum absolute atomic E-state index is 11.4. The lowest BCUT2D eigenvalue weighted by molar-refractivity contribution is -0.398. The fourth-order valence-corrected chi connectivity index (χ4v) is 0.821. The van der Waals surface area contributed by atoms with E-state index in [1.165, 1.54) is 13.8 Å². The molecule has 2 amide bonds. The number of carbonyl (C=O) groups is 3. The van der Waals surface area contributed by atoms with E-state index in [0.29, 0.717) is 0 Å². The molecule has 0 spiro atoms. The van der Waals surface area contributed by atoms with Gasteiger partial charge in [0.1, 0.15) is 12.1 Å². The molecule has 6 N–H and O–H groups in total. The van der Waals surface area contributed by atoms with Crippen LogP contribution in [0, 0.1) is 0 Å². The van der Waals surface area contributed by atoms with Crippen LogP contribution in [0.5, 0.6) is 0 Å². The summed E-state index contributed by atoms with van der Waals surface area (Å²) >= 11 is 0. The Kier molecular flexibility index (Phi) is 5.44. The van der Waals surface area contributed by atoms with E-state index in [2.05, 4.69) is 16.4 Å². The molecule has 92 valence electrons. The molecule has 0 aromatic heterocycles. The molecule has 7 nitrogen and oxygen atoms in total. The summed E-state index contributed by atoms with van der Waals surface area (Å²) in [6.45, 7) is 4.42. The summed E-state index contributed by atoms with van der Waals surface area (Å²) in [4.78, 5) is 33.1. The van der Waals surface area contributed by atoms with Gasteiger partial charge in [-0.05, 0) is 20.8 Å². The average Bonchev–Trinajstić information content (AvgIpc) is 2.16. The number of hydrogen-bond donors (Lipinski definition) is 4. The van der Waals surface area contributed by atoms with Gasteiger partial charge in [0.05, 0.1) is 0 Å². The number of quaternary nitrogens is 1. The van der Waals surface area contributed by atoms with Crippen molar-refractivity contribution in [2.45, 2.75) is 38.9 Å². The second-order valence-electron chi connectivity index (χ2n) is 3.70. The van der Waals surface area contributed by atoms with Gasteiger partial charge < -0.3 is 21.5 Å². The van der Waals surface area contributed by atoms with Crippen molar-refractivity contribution in [3.05, 3.63) is 0 Å². The number of nitrogens with one attached hydrogen (secondary N) is 2. The molecular weight excluding hydrogens is 214 g/mol. The van der Waals surface area contributed by atoms with E-state index in [-0.39, 0.29) is 5.91 Å². The summed E-state index contributed by atoms with van der Waals surface area (Å²) in [5.74, 6) is -2.02. The molecule has 16 heavy (non-hydrogen) atoms. The van der Waals surface area contributed by atoms with Gasteiger partial charge in [0, 0.05) is 0 Å². The van der Waals surface area contributed by atoms with E-state index in [0.717, 1.165) is 0 Å². The minimum absolute atomic E-state index is 0.356. The van der Waals surface area contributed by atoms with Crippen LogP contribution < -0.4 is 16.4 Å². The van der Waals surface area contributed by atoms with Crippen LogP contribution in [0.1, 0.15) is 20.8 Å². The van der Waals surface area contributed by atoms with Crippen molar-refractivity contribution >= 4 is 17.8 Å². The van der Waals surface area contributed by atoms with E-state index in [9.17, 15) is 14.4 Å². The van der Waals surface area contributed by atoms with Crippen molar-refractivity contribution in [3.8, 4) is 0 Å². The first-order valence-corrected chi connectivity index (χ1v) is 4.92. The standard InChI is InChI=1S/C9H17N3O4/c1-4(10)7(13)11-5(2)8(14)12-6(3)9(15)16/h4-6H,10H2,1-3H3,(H,11,13)(H,12,14)(H,15,16)/p+1. The third kappa shape index (κ3) is 4.74. The zero-order chi connectivity index (χ0) is 12.9. The lowest BCUT2D eigenvalue weighted by atomic mass is 10.2. The Morgan fingerprint density at radius 2 is 1.44 bits per heavy atom. The molecule has 0 aromatic carbocycles. The smallest absolute Gasteiger partial charge is 0.325 e. The van der Waals surface area contributed by atoms with Gasteiger partial charge in [-0.25, -0.2) is 0 Å². The molecule has 0 bridgehead atoms. The first-order chi connectivity index (χ1) is 7.25. The largest absolute Gasteiger partial charge is 0.480 e. The molecule has 0 radical (unpaired) electrons. The number of carboxylic acid groups (broad SMARTS) is 1. The van der Waals surface area contributed by atoms with Gasteiger partial charge in [0.2, 0.25) is 5.91 Å². The summed E-state index contributed by atoms with van der Waals surface area (Å²) in [5.41, 5.74) is 3.50. The van der Waals surface area contributed by atoms with E-state index in [1.807, 2.05) is 0 Å². The Morgan fingerprint density at radius 1 is 1.00 bits per heavy atom. The summed E-state index contributed by atoms with van der Waals surface area (Å²) in [6.07, 6.45) is 0. The van der Waals surface area contributed by atoms with Crippen LogP contribution in [0.25, 0.3) is 0 Å². The fraction of sp³-hybridized carbons (Fsp3) is 0.667. The Morgan fingerprint density at radius 3 is 1.81 bits per heavy atom.